The SMILES string of the molecule is COc1ncc(-c2ccnc(N3CCc4c(sc5c4CCCC5)C3=O)c2[C@H](C)O)cc1Nc1ccc(N2CCN(C3CCN(c4ccc5c(c4)C(=O)N(C4CCC(=O)NC4=O)C5=O)CC3)C[C@@H]2C)cn1. The lowest BCUT2D eigenvalue weighted by Gasteiger charge is -2.46. The highest BCUT2D eigenvalue weighted by Gasteiger charge is 2.45. The highest BCUT2D eigenvalue weighted by Crippen LogP contribution is 2.42. The summed E-state index contributed by atoms with van der Waals surface area (Å²) in [6, 6.07) is 12.8. The van der Waals surface area contributed by atoms with Crippen molar-refractivity contribution >= 4 is 69.6 Å². The van der Waals surface area contributed by atoms with E-state index in [1.165, 1.54) is 16.0 Å². The minimum atomic E-state index is -0.987. The van der Waals surface area contributed by atoms with Gasteiger partial charge in [-0.15, -0.1) is 11.3 Å². The number of amides is 5. The van der Waals surface area contributed by atoms with Gasteiger partial charge in [0.2, 0.25) is 17.7 Å². The lowest BCUT2D eigenvalue weighted by Crippen LogP contribution is -2.57. The van der Waals surface area contributed by atoms with Gasteiger partial charge >= 0.3 is 0 Å². The summed E-state index contributed by atoms with van der Waals surface area (Å²) in [6.07, 6.45) is 11.7. The van der Waals surface area contributed by atoms with Gasteiger partial charge in [-0.2, -0.15) is 0 Å². The van der Waals surface area contributed by atoms with Gasteiger partial charge in [0.15, 0.2) is 0 Å². The van der Waals surface area contributed by atoms with Crippen LogP contribution in [0.1, 0.15) is 110 Å². The number of carbonyl (C=O) groups is 5. The van der Waals surface area contributed by atoms with Crippen LogP contribution >= 0.6 is 11.3 Å². The summed E-state index contributed by atoms with van der Waals surface area (Å²) < 4.78 is 5.69. The van der Waals surface area contributed by atoms with Crippen molar-refractivity contribution in [2.24, 2.45) is 0 Å². The van der Waals surface area contributed by atoms with Crippen LogP contribution in [0.3, 0.4) is 0 Å². The number of fused-ring (bicyclic) bond motifs is 4. The fourth-order valence-corrected chi connectivity index (χ4v) is 12.9. The Kier molecular flexibility index (Phi) is 12.1. The van der Waals surface area contributed by atoms with E-state index in [-0.39, 0.29) is 30.4 Å². The van der Waals surface area contributed by atoms with Crippen LogP contribution in [0.2, 0.25) is 0 Å². The van der Waals surface area contributed by atoms with Gasteiger partial charge < -0.3 is 25.0 Å². The molecule has 9 heterocycles. The van der Waals surface area contributed by atoms with Gasteiger partial charge in [0.05, 0.1) is 41.1 Å². The van der Waals surface area contributed by atoms with Gasteiger partial charge in [-0.25, -0.2) is 15.0 Å². The van der Waals surface area contributed by atoms with E-state index in [0.717, 1.165) is 110 Å². The van der Waals surface area contributed by atoms with E-state index in [2.05, 4.69) is 43.3 Å². The number of aliphatic hydroxyl groups is 1. The first-order valence-corrected chi connectivity index (χ1v) is 25.3. The second-order valence-electron chi connectivity index (χ2n) is 19.2. The van der Waals surface area contributed by atoms with Crippen LogP contribution in [0.15, 0.2) is 61.1 Å². The fraction of sp³-hybridized carbons (Fsp3) is 0.423. The first-order valence-electron chi connectivity index (χ1n) is 24.5. The van der Waals surface area contributed by atoms with Gasteiger partial charge in [0.1, 0.15) is 23.4 Å². The molecule has 5 aliphatic heterocycles. The number of anilines is 5. The predicted molar refractivity (Wildman–Crippen MR) is 265 cm³/mol. The maximum Gasteiger partial charge on any atom is 0.269 e. The lowest BCUT2D eigenvalue weighted by atomic mass is 9.91. The molecule has 18 heteroatoms. The third-order valence-electron chi connectivity index (χ3n) is 15.1. The molecule has 3 N–H and O–H groups in total. The topological polar surface area (TPSA) is 194 Å². The summed E-state index contributed by atoms with van der Waals surface area (Å²) >= 11 is 1.63. The molecule has 0 radical (unpaired) electrons. The maximum absolute atomic E-state index is 14.1. The number of thiophene rings is 1. The van der Waals surface area contributed by atoms with E-state index in [1.807, 2.05) is 30.5 Å². The van der Waals surface area contributed by atoms with Crippen LogP contribution in [0, 0.1) is 0 Å². The Bertz CT molecular complexity index is 2930. The van der Waals surface area contributed by atoms with E-state index >= 15 is 0 Å². The van der Waals surface area contributed by atoms with Crippen molar-refractivity contribution in [3.05, 3.63) is 98.6 Å². The average Bonchev–Trinajstić information content (AvgIpc) is 3.88. The number of carbonyl (C=O) groups excluding carboxylic acids is 5. The molecule has 1 aromatic carbocycles. The molecule has 0 saturated carbocycles. The van der Waals surface area contributed by atoms with Gasteiger partial charge in [0.25, 0.3) is 17.7 Å². The van der Waals surface area contributed by atoms with E-state index < -0.39 is 35.8 Å². The van der Waals surface area contributed by atoms with Crippen LogP contribution in [0.5, 0.6) is 5.88 Å². The molecule has 0 bridgehead atoms. The molecular weight excluding hydrogens is 909 g/mol. The molecule has 1 aliphatic carbocycles. The Balaban J connectivity index is 0.724. The Morgan fingerprint density at radius 1 is 0.800 bits per heavy atom. The number of aryl methyl sites for hydroxylation is 1. The third kappa shape index (κ3) is 8.14. The van der Waals surface area contributed by atoms with Crippen molar-refractivity contribution in [2.45, 2.75) is 95.9 Å². The molecule has 0 spiro atoms. The van der Waals surface area contributed by atoms with E-state index in [4.69, 9.17) is 14.7 Å². The summed E-state index contributed by atoms with van der Waals surface area (Å²) in [5.41, 5.74) is 7.70. The number of methoxy groups -OCH3 is 1. The molecule has 5 amide bonds. The highest BCUT2D eigenvalue weighted by molar-refractivity contribution is 7.14. The maximum atomic E-state index is 14.1. The van der Waals surface area contributed by atoms with Crippen LogP contribution in [0.25, 0.3) is 11.1 Å². The normalized spacial score (nSPS) is 21.4. The molecule has 6 aliphatic rings. The molecule has 3 atom stereocenters. The van der Waals surface area contributed by atoms with Gasteiger partial charge in [-0.3, -0.25) is 44.0 Å². The Hall–Kier alpha value is -6.76. The van der Waals surface area contributed by atoms with Crippen LogP contribution in [0.4, 0.5) is 28.7 Å². The van der Waals surface area contributed by atoms with Crippen molar-refractivity contribution in [3.8, 4) is 17.0 Å². The average molecular weight is 965 g/mol. The first kappa shape index (κ1) is 45.7. The molecule has 362 valence electrons. The number of rotatable bonds is 10. The zero-order valence-corrected chi connectivity index (χ0v) is 40.4. The number of aliphatic hydroxyl groups excluding tert-OH is 1. The number of benzene rings is 1. The Morgan fingerprint density at radius 2 is 1.60 bits per heavy atom. The molecule has 4 aromatic heterocycles. The second-order valence-corrected chi connectivity index (χ2v) is 20.3. The van der Waals surface area contributed by atoms with Gasteiger partial charge in [-0.1, -0.05) is 0 Å². The molecule has 3 fully saturated rings. The summed E-state index contributed by atoms with van der Waals surface area (Å²) in [5.74, 6) is -0.584. The predicted octanol–water partition coefficient (Wildman–Crippen LogP) is 6.07. The third-order valence-corrected chi connectivity index (χ3v) is 16.4. The van der Waals surface area contributed by atoms with Gasteiger partial charge in [-0.05, 0) is 124 Å². The fourth-order valence-electron chi connectivity index (χ4n) is 11.5. The summed E-state index contributed by atoms with van der Waals surface area (Å²) in [7, 11) is 1.57. The number of imide groups is 2. The number of ether oxygens (including phenoxy) is 1. The van der Waals surface area contributed by atoms with E-state index in [9.17, 15) is 29.1 Å². The van der Waals surface area contributed by atoms with Gasteiger partial charge in [0, 0.05) is 91.9 Å². The molecular formula is C52H56N10O7S. The minimum Gasteiger partial charge on any atom is -0.480 e. The van der Waals surface area contributed by atoms with E-state index in [0.29, 0.717) is 46.9 Å². The number of piperazine rings is 1. The van der Waals surface area contributed by atoms with Crippen LogP contribution in [-0.4, -0.2) is 124 Å². The number of aromatic nitrogens is 3. The smallest absolute Gasteiger partial charge is 0.269 e. The number of piperidine rings is 2. The monoisotopic (exact) mass is 964 g/mol. The molecule has 17 nitrogen and oxygen atoms in total. The van der Waals surface area contributed by atoms with Crippen molar-refractivity contribution in [3.63, 3.8) is 0 Å². The van der Waals surface area contributed by atoms with Crippen molar-refractivity contribution < 1.29 is 33.8 Å². The van der Waals surface area contributed by atoms with Crippen molar-refractivity contribution in [2.75, 3.05) is 66.4 Å². The van der Waals surface area contributed by atoms with Crippen LogP contribution < -0.4 is 30.1 Å². The number of nitrogens with zero attached hydrogens (tertiary/aromatic N) is 8. The molecule has 11 rings (SSSR count). The largest absolute Gasteiger partial charge is 0.480 e. The first-order chi connectivity index (χ1) is 33.9. The summed E-state index contributed by atoms with van der Waals surface area (Å²) in [6.45, 7) is 8.72. The number of hydrogen-bond acceptors (Lipinski definition) is 15. The second kappa shape index (κ2) is 18.5. The number of hydrogen-bond donors (Lipinski definition) is 3. The van der Waals surface area contributed by atoms with Crippen molar-refractivity contribution in [1.29, 1.82) is 0 Å². The minimum absolute atomic E-state index is 0.0516. The highest BCUT2D eigenvalue weighted by atomic mass is 32.1. The number of pyridine rings is 3. The molecule has 3 saturated heterocycles. The summed E-state index contributed by atoms with van der Waals surface area (Å²) in [5, 5.41) is 16.9. The standard InChI is InChI=1S/C52H56N10O7S/c1-29-28-59(32-15-19-58(20-16-32)33-8-10-38-39(25-33)51(67)62(50(38)66)41-11-13-44(64)57-48(41)65)22-23-60(29)34-9-12-43(54-27-34)56-40-24-31(26-55-49(40)69-3)35-14-18-53-47(45(35)30(2)63)61-21-17-37-36-6-4-5-7-42(36)70-46(37)52(61)68/h8-10,12,14,18,24-27,29-30,32,41,63H,4-7,11,13,15-17,19-23,28H2,1-3H3,(H,54,56)(H,57,64,65)/t29-,30-,41?/m0/s1. The molecule has 70 heavy (non-hydrogen) atoms. The lowest BCUT2D eigenvalue weighted by molar-refractivity contribution is -0.136. The zero-order valence-electron chi connectivity index (χ0n) is 39.6. The van der Waals surface area contributed by atoms with Crippen molar-refractivity contribution in [1.82, 2.24) is 30.1 Å². The quantitative estimate of drug-likeness (QED) is 0.137. The Morgan fingerprint density at radius 3 is 2.36 bits per heavy atom. The number of nitrogens with one attached hydrogen (secondary N) is 2. The molecule has 5 aromatic rings. The Labute approximate surface area is 409 Å². The zero-order chi connectivity index (χ0) is 48.4. The van der Waals surface area contributed by atoms with E-state index in [1.54, 1.807) is 54.8 Å². The molecule has 1 unspecified atom stereocenters. The van der Waals surface area contributed by atoms with Crippen LogP contribution in [-0.2, 0) is 28.9 Å². The summed E-state index contributed by atoms with van der Waals surface area (Å²) in [4.78, 5) is 91.3.